The zero-order chi connectivity index (χ0) is 18.4. The molecule has 3 rings (SSSR count). The predicted octanol–water partition coefficient (Wildman–Crippen LogP) is 2.66. The van der Waals surface area contributed by atoms with Crippen LogP contribution in [0.1, 0.15) is 43.5 Å². The molecule has 3 atom stereocenters. The fourth-order valence-corrected chi connectivity index (χ4v) is 4.32. The summed E-state index contributed by atoms with van der Waals surface area (Å²) in [7, 11) is 1.64. The van der Waals surface area contributed by atoms with Crippen molar-refractivity contribution in [3.8, 4) is 5.75 Å². The maximum atomic E-state index is 13.1. The van der Waals surface area contributed by atoms with Gasteiger partial charge in [0.05, 0.1) is 6.54 Å². The second-order valence-electron chi connectivity index (χ2n) is 7.37. The quantitative estimate of drug-likeness (QED) is 0.673. The van der Waals surface area contributed by atoms with Crippen LogP contribution in [0.25, 0.3) is 0 Å². The van der Waals surface area contributed by atoms with Gasteiger partial charge in [-0.25, -0.2) is 4.79 Å². The van der Waals surface area contributed by atoms with Gasteiger partial charge in [0.15, 0.2) is 5.78 Å². The van der Waals surface area contributed by atoms with Crippen LogP contribution in [0.15, 0.2) is 24.3 Å². The third-order valence-corrected chi connectivity index (χ3v) is 5.95. The molecular weight excluding hydrogens is 320 g/mol. The Hall–Kier alpha value is -2.37. The summed E-state index contributed by atoms with van der Waals surface area (Å²) in [6, 6.07) is 5.51. The van der Waals surface area contributed by atoms with Crippen molar-refractivity contribution >= 4 is 17.7 Å². The molecule has 134 valence electrons. The van der Waals surface area contributed by atoms with Gasteiger partial charge < -0.3 is 10.0 Å². The number of nitrogens with zero attached hydrogens (tertiary/aromatic N) is 2. The number of amides is 3. The topological polar surface area (TPSA) is 77.9 Å². The molecule has 25 heavy (non-hydrogen) atoms. The average molecular weight is 344 g/mol. The highest BCUT2D eigenvalue weighted by Crippen LogP contribution is 2.45. The summed E-state index contributed by atoms with van der Waals surface area (Å²) in [4.78, 5) is 40.8. The number of imide groups is 1. The highest BCUT2D eigenvalue weighted by Gasteiger charge is 2.58. The predicted molar refractivity (Wildman–Crippen MR) is 92.2 cm³/mol. The second-order valence-corrected chi connectivity index (χ2v) is 7.37. The van der Waals surface area contributed by atoms with Crippen LogP contribution >= 0.6 is 0 Å². The van der Waals surface area contributed by atoms with Gasteiger partial charge in [-0.2, -0.15) is 0 Å². The molecule has 1 saturated carbocycles. The summed E-state index contributed by atoms with van der Waals surface area (Å²) in [5.74, 6) is -0.214. The smallest absolute Gasteiger partial charge is 0.327 e. The monoisotopic (exact) mass is 344 g/mol. The van der Waals surface area contributed by atoms with Crippen LogP contribution in [0, 0.1) is 11.8 Å². The maximum absolute atomic E-state index is 13.1. The van der Waals surface area contributed by atoms with E-state index >= 15 is 0 Å². The van der Waals surface area contributed by atoms with Crippen LogP contribution in [-0.2, 0) is 4.79 Å². The average Bonchev–Trinajstić information content (AvgIpc) is 3.08. The Morgan fingerprint density at radius 3 is 2.64 bits per heavy atom. The number of phenolic OH excluding ortho intramolecular Hbond substituents is 1. The fourth-order valence-electron chi connectivity index (χ4n) is 4.32. The van der Waals surface area contributed by atoms with E-state index in [9.17, 15) is 19.5 Å². The summed E-state index contributed by atoms with van der Waals surface area (Å²) in [6.45, 7) is 3.63. The minimum atomic E-state index is -0.897. The standard InChI is InChI=1S/C19H24N2O4/c1-12-6-4-9-15(12)19(2)17(24)21(18(25)20(19)3)11-16(23)13-7-5-8-14(22)10-13/h5,7-8,10,12,15,22H,4,6,9,11H2,1-3H3. The van der Waals surface area contributed by atoms with Crippen molar-refractivity contribution in [2.24, 2.45) is 11.8 Å². The van der Waals surface area contributed by atoms with Crippen LogP contribution in [0.2, 0.25) is 0 Å². The number of rotatable bonds is 4. The molecule has 1 saturated heterocycles. The van der Waals surface area contributed by atoms with Crippen LogP contribution < -0.4 is 0 Å². The zero-order valence-corrected chi connectivity index (χ0v) is 14.9. The van der Waals surface area contributed by atoms with E-state index in [0.29, 0.717) is 5.92 Å². The molecule has 2 fully saturated rings. The molecule has 6 nitrogen and oxygen atoms in total. The van der Waals surface area contributed by atoms with Crippen molar-refractivity contribution in [3.05, 3.63) is 29.8 Å². The Morgan fingerprint density at radius 2 is 2.04 bits per heavy atom. The molecule has 0 aromatic heterocycles. The Labute approximate surface area is 147 Å². The van der Waals surface area contributed by atoms with Gasteiger partial charge in [0.2, 0.25) is 0 Å². The van der Waals surface area contributed by atoms with Crippen LogP contribution in [-0.4, -0.2) is 51.8 Å². The number of phenols is 1. The largest absolute Gasteiger partial charge is 0.508 e. The summed E-state index contributed by atoms with van der Waals surface area (Å²) >= 11 is 0. The van der Waals surface area contributed by atoms with Crippen molar-refractivity contribution < 1.29 is 19.5 Å². The Bertz CT molecular complexity index is 732. The number of carbonyl (C=O) groups excluding carboxylic acids is 3. The normalized spacial score (nSPS) is 29.6. The first-order chi connectivity index (χ1) is 11.8. The number of benzene rings is 1. The zero-order valence-electron chi connectivity index (χ0n) is 14.9. The number of urea groups is 1. The lowest BCUT2D eigenvalue weighted by molar-refractivity contribution is -0.135. The van der Waals surface area contributed by atoms with Gasteiger partial charge in [-0.05, 0) is 37.3 Å². The Balaban J connectivity index is 1.84. The fraction of sp³-hybridized carbons (Fsp3) is 0.526. The highest BCUT2D eigenvalue weighted by molar-refractivity contribution is 6.11. The molecule has 0 bridgehead atoms. The third-order valence-electron chi connectivity index (χ3n) is 5.95. The number of aromatic hydroxyl groups is 1. The first-order valence-electron chi connectivity index (χ1n) is 8.68. The summed E-state index contributed by atoms with van der Waals surface area (Å²) < 4.78 is 0. The number of Topliss-reactive ketones (excluding diaryl/α,β-unsaturated/α-hetero) is 1. The van der Waals surface area contributed by atoms with Crippen molar-refractivity contribution in [1.29, 1.82) is 0 Å². The maximum Gasteiger partial charge on any atom is 0.327 e. The first kappa shape index (κ1) is 17.5. The summed E-state index contributed by atoms with van der Waals surface area (Å²) in [5.41, 5.74) is -0.613. The molecule has 1 heterocycles. The highest BCUT2D eigenvalue weighted by atomic mass is 16.3. The van der Waals surface area contributed by atoms with Crippen molar-refractivity contribution in [2.75, 3.05) is 13.6 Å². The molecule has 1 aliphatic heterocycles. The summed E-state index contributed by atoms with van der Waals surface area (Å²) in [5, 5.41) is 9.52. The van der Waals surface area contributed by atoms with Gasteiger partial charge in [0.25, 0.3) is 5.91 Å². The lowest BCUT2D eigenvalue weighted by Crippen LogP contribution is -2.52. The Morgan fingerprint density at radius 1 is 1.32 bits per heavy atom. The van der Waals surface area contributed by atoms with Gasteiger partial charge >= 0.3 is 6.03 Å². The van der Waals surface area contributed by atoms with E-state index < -0.39 is 11.6 Å². The lowest BCUT2D eigenvalue weighted by atomic mass is 9.78. The molecule has 3 unspecified atom stereocenters. The van der Waals surface area contributed by atoms with E-state index in [-0.39, 0.29) is 35.5 Å². The molecule has 2 aliphatic rings. The molecule has 1 aliphatic carbocycles. The summed E-state index contributed by atoms with van der Waals surface area (Å²) in [6.07, 6.45) is 3.02. The van der Waals surface area contributed by atoms with Crippen molar-refractivity contribution in [3.63, 3.8) is 0 Å². The van der Waals surface area contributed by atoms with Crippen LogP contribution in [0.4, 0.5) is 4.79 Å². The van der Waals surface area contributed by atoms with Crippen molar-refractivity contribution in [2.45, 2.75) is 38.6 Å². The number of hydrogen-bond donors (Lipinski definition) is 1. The number of hydrogen-bond acceptors (Lipinski definition) is 4. The van der Waals surface area contributed by atoms with E-state index in [4.69, 9.17) is 0 Å². The van der Waals surface area contributed by atoms with Crippen LogP contribution in [0.5, 0.6) is 5.75 Å². The molecular formula is C19H24N2O4. The van der Waals surface area contributed by atoms with E-state index in [1.807, 2.05) is 6.92 Å². The molecule has 1 aromatic carbocycles. The molecule has 6 heteroatoms. The molecule has 0 radical (unpaired) electrons. The van der Waals surface area contributed by atoms with Gasteiger partial charge in [0.1, 0.15) is 11.3 Å². The van der Waals surface area contributed by atoms with Crippen LogP contribution in [0.3, 0.4) is 0 Å². The van der Waals surface area contributed by atoms with Gasteiger partial charge in [-0.1, -0.05) is 31.9 Å². The number of carbonyl (C=O) groups is 3. The molecule has 0 spiro atoms. The molecule has 3 amide bonds. The minimum absolute atomic E-state index is 0.0216. The first-order valence-corrected chi connectivity index (χ1v) is 8.68. The van der Waals surface area contributed by atoms with Gasteiger partial charge in [-0.15, -0.1) is 0 Å². The van der Waals surface area contributed by atoms with E-state index in [1.165, 1.54) is 17.0 Å². The van der Waals surface area contributed by atoms with Gasteiger partial charge in [0, 0.05) is 12.6 Å². The van der Waals surface area contributed by atoms with Gasteiger partial charge in [-0.3, -0.25) is 14.5 Å². The van der Waals surface area contributed by atoms with E-state index in [2.05, 4.69) is 6.92 Å². The second kappa shape index (κ2) is 6.17. The van der Waals surface area contributed by atoms with Crippen molar-refractivity contribution in [1.82, 2.24) is 9.80 Å². The molecule has 1 N–H and O–H groups in total. The lowest BCUT2D eigenvalue weighted by Gasteiger charge is -2.36. The number of likely N-dealkylation sites (N-methyl/N-ethyl adjacent to an activating group) is 1. The SMILES string of the molecule is CC1CCCC1C1(C)C(=O)N(CC(=O)c2cccc(O)c2)C(=O)N1C. The Kier molecular flexibility index (Phi) is 4.31. The van der Waals surface area contributed by atoms with E-state index in [1.54, 1.807) is 19.2 Å². The third kappa shape index (κ3) is 2.69. The number of ketones is 1. The minimum Gasteiger partial charge on any atom is -0.508 e. The molecule has 1 aromatic rings. The van der Waals surface area contributed by atoms with E-state index in [0.717, 1.165) is 24.2 Å².